The number of benzene rings is 2. The van der Waals surface area contributed by atoms with E-state index in [0.717, 1.165) is 11.1 Å². The van der Waals surface area contributed by atoms with Gasteiger partial charge in [0, 0.05) is 12.1 Å². The van der Waals surface area contributed by atoms with Crippen molar-refractivity contribution in [3.63, 3.8) is 0 Å². The second kappa shape index (κ2) is 8.19. The first-order valence-corrected chi connectivity index (χ1v) is 8.65. The molecule has 6 heteroatoms. The first kappa shape index (κ1) is 18.2. The van der Waals surface area contributed by atoms with Gasteiger partial charge in [-0.05, 0) is 43.5 Å². The minimum Gasteiger partial charge on any atom is -0.467 e. The molecule has 1 aliphatic heterocycles. The molecule has 0 saturated carbocycles. The fourth-order valence-electron chi connectivity index (χ4n) is 2.94. The predicted octanol–water partition coefficient (Wildman–Crippen LogP) is 3.60. The first-order valence-electron chi connectivity index (χ1n) is 8.65. The number of hydrogen-bond acceptors (Lipinski definition) is 3. The monoisotopic (exact) mass is 358 g/mol. The third-order valence-electron chi connectivity index (χ3n) is 4.36. The van der Waals surface area contributed by atoms with E-state index in [1.54, 1.807) is 0 Å². The number of nitrogens with one attached hydrogen (secondary N) is 2. The molecular formula is C20H23FN2O3. The Kier molecular flexibility index (Phi) is 5.73. The quantitative estimate of drug-likeness (QED) is 0.858. The average molecular weight is 358 g/mol. The molecule has 1 aliphatic rings. The highest BCUT2D eigenvalue weighted by Crippen LogP contribution is 2.29. The number of halogens is 1. The van der Waals surface area contributed by atoms with E-state index in [0.29, 0.717) is 30.9 Å². The maximum Gasteiger partial charge on any atom is 0.315 e. The largest absolute Gasteiger partial charge is 0.467 e. The molecular weight excluding hydrogens is 335 g/mol. The van der Waals surface area contributed by atoms with E-state index in [9.17, 15) is 9.18 Å². The minimum absolute atomic E-state index is 0.0991. The molecule has 1 heterocycles. The summed E-state index contributed by atoms with van der Waals surface area (Å²) >= 11 is 0. The zero-order valence-electron chi connectivity index (χ0n) is 15.0. The van der Waals surface area contributed by atoms with Crippen LogP contribution in [0.1, 0.15) is 35.2 Å². The highest BCUT2D eigenvalue weighted by Gasteiger charge is 2.17. The second-order valence-electron chi connectivity index (χ2n) is 6.45. The lowest BCUT2D eigenvalue weighted by atomic mass is 10.1. The van der Waals surface area contributed by atoms with Gasteiger partial charge in [-0.3, -0.25) is 0 Å². The van der Waals surface area contributed by atoms with Crippen molar-refractivity contribution in [3.05, 3.63) is 64.5 Å². The van der Waals surface area contributed by atoms with E-state index < -0.39 is 0 Å². The van der Waals surface area contributed by atoms with Crippen LogP contribution in [0.3, 0.4) is 0 Å². The van der Waals surface area contributed by atoms with Crippen LogP contribution in [0.25, 0.3) is 0 Å². The molecule has 1 atom stereocenters. The standard InChI is InChI=1S/C20H23FN2O3/c1-13-3-5-15(6-4-13)14(2)23-20(24)22-8-7-16-9-18(21)10-17-11-25-12-26-19(16)17/h3-6,9-10,14H,7-8,11-12H2,1-2H3,(H2,22,23,24). The van der Waals surface area contributed by atoms with Crippen molar-refractivity contribution in [1.82, 2.24) is 10.6 Å². The van der Waals surface area contributed by atoms with Crippen LogP contribution in [0.15, 0.2) is 36.4 Å². The van der Waals surface area contributed by atoms with Crippen LogP contribution in [0.5, 0.6) is 5.75 Å². The Labute approximate surface area is 152 Å². The summed E-state index contributed by atoms with van der Waals surface area (Å²) in [5.41, 5.74) is 3.65. The number of carbonyl (C=O) groups excluding carboxylic acids is 1. The van der Waals surface area contributed by atoms with Crippen LogP contribution in [0, 0.1) is 12.7 Å². The van der Waals surface area contributed by atoms with Crippen molar-refractivity contribution >= 4 is 6.03 Å². The van der Waals surface area contributed by atoms with Gasteiger partial charge < -0.3 is 20.1 Å². The van der Waals surface area contributed by atoms with Crippen LogP contribution >= 0.6 is 0 Å². The summed E-state index contributed by atoms with van der Waals surface area (Å²) in [6, 6.07) is 10.5. The molecule has 0 fully saturated rings. The number of hydrogen-bond donors (Lipinski definition) is 2. The maximum atomic E-state index is 13.7. The summed E-state index contributed by atoms with van der Waals surface area (Å²) in [6.45, 7) is 4.83. The van der Waals surface area contributed by atoms with Crippen LogP contribution in [-0.2, 0) is 17.8 Å². The fourth-order valence-corrected chi connectivity index (χ4v) is 2.94. The van der Waals surface area contributed by atoms with Gasteiger partial charge in [0.05, 0.1) is 12.6 Å². The molecule has 1 unspecified atom stereocenters. The number of rotatable bonds is 5. The highest BCUT2D eigenvalue weighted by molar-refractivity contribution is 5.74. The van der Waals surface area contributed by atoms with E-state index in [1.165, 1.54) is 17.7 Å². The fraction of sp³-hybridized carbons (Fsp3) is 0.350. The molecule has 0 saturated heterocycles. The maximum absolute atomic E-state index is 13.7. The van der Waals surface area contributed by atoms with Crippen molar-refractivity contribution in [2.45, 2.75) is 32.9 Å². The predicted molar refractivity (Wildman–Crippen MR) is 96.5 cm³/mol. The van der Waals surface area contributed by atoms with Gasteiger partial charge in [-0.1, -0.05) is 29.8 Å². The van der Waals surface area contributed by atoms with E-state index in [2.05, 4.69) is 10.6 Å². The van der Waals surface area contributed by atoms with Crippen LogP contribution in [0.4, 0.5) is 9.18 Å². The molecule has 2 aromatic carbocycles. The zero-order chi connectivity index (χ0) is 18.5. The summed E-state index contributed by atoms with van der Waals surface area (Å²) < 4.78 is 24.4. The van der Waals surface area contributed by atoms with Gasteiger partial charge in [0.1, 0.15) is 11.6 Å². The van der Waals surface area contributed by atoms with Gasteiger partial charge in [-0.2, -0.15) is 0 Å². The third-order valence-corrected chi connectivity index (χ3v) is 4.36. The summed E-state index contributed by atoms with van der Waals surface area (Å²) in [4.78, 5) is 12.1. The van der Waals surface area contributed by atoms with Crippen LogP contribution < -0.4 is 15.4 Å². The van der Waals surface area contributed by atoms with Crippen molar-refractivity contribution in [3.8, 4) is 5.75 Å². The number of aryl methyl sites for hydroxylation is 1. The van der Waals surface area contributed by atoms with E-state index in [4.69, 9.17) is 9.47 Å². The molecule has 26 heavy (non-hydrogen) atoms. The average Bonchev–Trinajstić information content (AvgIpc) is 2.62. The number of ether oxygens (including phenoxy) is 2. The van der Waals surface area contributed by atoms with E-state index >= 15 is 0 Å². The van der Waals surface area contributed by atoms with Crippen LogP contribution in [-0.4, -0.2) is 19.4 Å². The van der Waals surface area contributed by atoms with Crippen molar-refractivity contribution in [2.24, 2.45) is 0 Å². The highest BCUT2D eigenvalue weighted by atomic mass is 19.1. The molecule has 0 spiro atoms. The Balaban J connectivity index is 1.52. The number of amides is 2. The van der Waals surface area contributed by atoms with Gasteiger partial charge in [0.25, 0.3) is 0 Å². The lowest BCUT2D eigenvalue weighted by molar-refractivity contribution is -0.0172. The Bertz CT molecular complexity index is 777. The minimum atomic E-state index is -0.328. The molecule has 0 radical (unpaired) electrons. The molecule has 0 aliphatic carbocycles. The summed E-state index contributed by atoms with van der Waals surface area (Å²) in [6.07, 6.45) is 0.479. The zero-order valence-corrected chi connectivity index (χ0v) is 15.0. The molecule has 5 nitrogen and oxygen atoms in total. The normalized spacial score (nSPS) is 14.1. The molecule has 2 amide bonds. The van der Waals surface area contributed by atoms with Gasteiger partial charge in [0.2, 0.25) is 0 Å². The topological polar surface area (TPSA) is 59.6 Å². The number of urea groups is 1. The third kappa shape index (κ3) is 4.52. The van der Waals surface area contributed by atoms with Gasteiger partial charge >= 0.3 is 6.03 Å². The van der Waals surface area contributed by atoms with Crippen molar-refractivity contribution in [1.29, 1.82) is 0 Å². The lowest BCUT2D eigenvalue weighted by Gasteiger charge is -2.21. The molecule has 3 rings (SSSR count). The molecule has 138 valence electrons. The first-order chi connectivity index (χ1) is 12.5. The van der Waals surface area contributed by atoms with Crippen LogP contribution in [0.2, 0.25) is 0 Å². The summed E-state index contributed by atoms with van der Waals surface area (Å²) in [5.74, 6) is 0.332. The van der Waals surface area contributed by atoms with Gasteiger partial charge in [-0.15, -0.1) is 0 Å². The number of carbonyl (C=O) groups is 1. The van der Waals surface area contributed by atoms with E-state index in [1.807, 2.05) is 38.1 Å². The Morgan fingerprint density at radius 3 is 2.81 bits per heavy atom. The molecule has 2 N–H and O–H groups in total. The lowest BCUT2D eigenvalue weighted by Crippen LogP contribution is -2.38. The van der Waals surface area contributed by atoms with E-state index in [-0.39, 0.29) is 24.7 Å². The molecule has 2 aromatic rings. The van der Waals surface area contributed by atoms with Crippen molar-refractivity contribution < 1.29 is 18.7 Å². The molecule has 0 bridgehead atoms. The molecule has 0 aromatic heterocycles. The Morgan fingerprint density at radius 1 is 1.27 bits per heavy atom. The Hall–Kier alpha value is -2.60. The second-order valence-corrected chi connectivity index (χ2v) is 6.45. The summed E-state index contributed by atoms with van der Waals surface area (Å²) in [7, 11) is 0. The SMILES string of the molecule is Cc1ccc(C(C)NC(=O)NCCc2cc(F)cc3c2OCOC3)cc1. The Morgan fingerprint density at radius 2 is 2.04 bits per heavy atom. The van der Waals surface area contributed by atoms with Gasteiger partial charge in [0.15, 0.2) is 6.79 Å². The number of fused-ring (bicyclic) bond motifs is 1. The smallest absolute Gasteiger partial charge is 0.315 e. The van der Waals surface area contributed by atoms with Crippen molar-refractivity contribution in [2.75, 3.05) is 13.3 Å². The summed E-state index contributed by atoms with van der Waals surface area (Å²) in [5, 5.41) is 5.71. The van der Waals surface area contributed by atoms with Gasteiger partial charge in [-0.25, -0.2) is 9.18 Å².